The molecule has 2 aliphatic rings. The number of hydrogen-bond donors (Lipinski definition) is 0. The summed E-state index contributed by atoms with van der Waals surface area (Å²) in [6.45, 7) is 2.88. The summed E-state index contributed by atoms with van der Waals surface area (Å²) in [4.78, 5) is 52.5. The number of piperazine rings is 1. The lowest BCUT2D eigenvalue weighted by atomic mass is 9.89. The van der Waals surface area contributed by atoms with Crippen LogP contribution in [0.4, 0.5) is 5.69 Å². The third-order valence-corrected chi connectivity index (χ3v) is 8.30. The second-order valence-corrected chi connectivity index (χ2v) is 10.6. The van der Waals surface area contributed by atoms with Gasteiger partial charge in [0.1, 0.15) is 16.2 Å². The molecule has 9 nitrogen and oxygen atoms in total. The molecular formula is C26H32N6O3S. The minimum atomic E-state index is -0.422. The molecule has 0 bridgehead atoms. The molecule has 2 fully saturated rings. The Bertz CT molecular complexity index is 1370. The third kappa shape index (κ3) is 4.78. The van der Waals surface area contributed by atoms with Gasteiger partial charge in [-0.1, -0.05) is 49.2 Å². The standard InChI is InChI=1S/C26H32N6O3S/c1-29-23-21(25(34)30(2)26(29)35)24(28-22(27-23)18-9-5-3-6-10-18)36-17-20(33)32-15-13-31(14-16-32)19-11-7-4-8-12-19/h4,7-8,11-12,18H,3,5-6,9-10,13-17H2,1-2H3. The third-order valence-electron chi connectivity index (χ3n) is 7.34. The molecule has 0 spiro atoms. The molecule has 1 amide bonds. The average Bonchev–Trinajstić information content (AvgIpc) is 2.94. The molecule has 3 aromatic rings. The van der Waals surface area contributed by atoms with E-state index in [0.29, 0.717) is 35.0 Å². The Balaban J connectivity index is 1.37. The summed E-state index contributed by atoms with van der Waals surface area (Å²) >= 11 is 1.28. The highest BCUT2D eigenvalue weighted by Crippen LogP contribution is 2.33. The number of carbonyl (C=O) groups is 1. The Morgan fingerprint density at radius 3 is 2.33 bits per heavy atom. The summed E-state index contributed by atoms with van der Waals surface area (Å²) < 4.78 is 2.50. The van der Waals surface area contributed by atoms with Gasteiger partial charge < -0.3 is 9.80 Å². The van der Waals surface area contributed by atoms with Crippen LogP contribution in [-0.4, -0.2) is 61.8 Å². The summed E-state index contributed by atoms with van der Waals surface area (Å²) in [5.74, 6) is 1.11. The number of hydrogen-bond acceptors (Lipinski definition) is 7. The van der Waals surface area contributed by atoms with Gasteiger partial charge in [0.05, 0.1) is 5.75 Å². The zero-order chi connectivity index (χ0) is 25.2. The normalized spacial score (nSPS) is 17.1. The smallest absolute Gasteiger partial charge is 0.332 e. The molecule has 0 radical (unpaired) electrons. The van der Waals surface area contributed by atoms with E-state index >= 15 is 0 Å². The minimum absolute atomic E-state index is 0.0281. The first-order chi connectivity index (χ1) is 17.4. The van der Waals surface area contributed by atoms with Gasteiger partial charge in [0.25, 0.3) is 5.56 Å². The fraction of sp³-hybridized carbons (Fsp3) is 0.500. The van der Waals surface area contributed by atoms with Crippen LogP contribution in [0.2, 0.25) is 0 Å². The lowest BCUT2D eigenvalue weighted by Gasteiger charge is -2.36. The highest BCUT2D eigenvalue weighted by atomic mass is 32.2. The highest BCUT2D eigenvalue weighted by Gasteiger charge is 2.25. The number of thioether (sulfide) groups is 1. The molecule has 10 heteroatoms. The first-order valence-electron chi connectivity index (χ1n) is 12.6. The van der Waals surface area contributed by atoms with Crippen LogP contribution in [-0.2, 0) is 18.9 Å². The van der Waals surface area contributed by atoms with Crippen LogP contribution in [0.1, 0.15) is 43.8 Å². The van der Waals surface area contributed by atoms with Crippen LogP contribution in [0.3, 0.4) is 0 Å². The number of rotatable bonds is 5. The second kappa shape index (κ2) is 10.5. The molecule has 1 aliphatic heterocycles. The predicted octanol–water partition coefficient (Wildman–Crippen LogP) is 2.52. The van der Waals surface area contributed by atoms with Gasteiger partial charge in [-0.05, 0) is 25.0 Å². The topological polar surface area (TPSA) is 93.3 Å². The van der Waals surface area contributed by atoms with Crippen molar-refractivity contribution in [3.63, 3.8) is 0 Å². The van der Waals surface area contributed by atoms with E-state index in [1.807, 2.05) is 23.1 Å². The number of para-hydroxylation sites is 1. The van der Waals surface area contributed by atoms with Crippen molar-refractivity contribution in [2.45, 2.75) is 43.0 Å². The number of aryl methyl sites for hydroxylation is 1. The van der Waals surface area contributed by atoms with E-state index in [-0.39, 0.29) is 17.6 Å². The number of nitrogens with zero attached hydrogens (tertiary/aromatic N) is 6. The SMILES string of the molecule is Cn1c(=O)c2c(SCC(=O)N3CCN(c4ccccc4)CC3)nc(C3CCCCC3)nc2n(C)c1=O. The molecule has 1 aliphatic carbocycles. The first-order valence-corrected chi connectivity index (χ1v) is 13.6. The largest absolute Gasteiger partial charge is 0.368 e. The molecule has 0 unspecified atom stereocenters. The molecule has 5 rings (SSSR count). The van der Waals surface area contributed by atoms with E-state index in [1.54, 1.807) is 7.05 Å². The van der Waals surface area contributed by atoms with Gasteiger partial charge in [-0.15, -0.1) is 0 Å². The van der Waals surface area contributed by atoms with Crippen molar-refractivity contribution in [1.29, 1.82) is 0 Å². The van der Waals surface area contributed by atoms with Gasteiger partial charge in [0, 0.05) is 51.9 Å². The van der Waals surface area contributed by atoms with E-state index in [9.17, 15) is 14.4 Å². The van der Waals surface area contributed by atoms with Crippen LogP contribution in [0.15, 0.2) is 44.9 Å². The van der Waals surface area contributed by atoms with Gasteiger partial charge in [0.2, 0.25) is 5.91 Å². The van der Waals surface area contributed by atoms with Gasteiger partial charge in [-0.3, -0.25) is 18.7 Å². The lowest BCUT2D eigenvalue weighted by Crippen LogP contribution is -2.49. The number of anilines is 1. The Kier molecular flexibility index (Phi) is 7.13. The van der Waals surface area contributed by atoms with E-state index in [0.717, 1.165) is 43.3 Å². The zero-order valence-corrected chi connectivity index (χ0v) is 21.7. The molecule has 3 heterocycles. The van der Waals surface area contributed by atoms with Crippen molar-refractivity contribution in [3.05, 3.63) is 57.0 Å². The monoisotopic (exact) mass is 508 g/mol. The van der Waals surface area contributed by atoms with Gasteiger partial charge in [0.15, 0.2) is 5.65 Å². The van der Waals surface area contributed by atoms with Crippen molar-refractivity contribution in [1.82, 2.24) is 24.0 Å². The lowest BCUT2D eigenvalue weighted by molar-refractivity contribution is -0.128. The Morgan fingerprint density at radius 1 is 0.944 bits per heavy atom. The summed E-state index contributed by atoms with van der Waals surface area (Å²) in [5, 5.41) is 0.805. The number of carbonyl (C=O) groups excluding carboxylic acids is 1. The maximum absolute atomic E-state index is 13.1. The zero-order valence-electron chi connectivity index (χ0n) is 20.9. The van der Waals surface area contributed by atoms with Crippen molar-refractivity contribution < 1.29 is 4.79 Å². The van der Waals surface area contributed by atoms with Crippen LogP contribution >= 0.6 is 11.8 Å². The van der Waals surface area contributed by atoms with Crippen molar-refractivity contribution in [2.24, 2.45) is 14.1 Å². The van der Waals surface area contributed by atoms with Crippen LogP contribution < -0.4 is 16.1 Å². The maximum atomic E-state index is 13.1. The van der Waals surface area contributed by atoms with Crippen LogP contribution in [0, 0.1) is 0 Å². The first kappa shape index (κ1) is 24.5. The molecule has 36 heavy (non-hydrogen) atoms. The maximum Gasteiger partial charge on any atom is 0.332 e. The number of amides is 1. The van der Waals surface area contributed by atoms with E-state index in [2.05, 4.69) is 17.0 Å². The quantitative estimate of drug-likeness (QED) is 0.386. The highest BCUT2D eigenvalue weighted by molar-refractivity contribution is 8.00. The molecule has 1 saturated carbocycles. The average molecular weight is 509 g/mol. The number of fused-ring (bicyclic) bond motifs is 1. The fourth-order valence-electron chi connectivity index (χ4n) is 5.17. The summed E-state index contributed by atoms with van der Waals surface area (Å²) in [5.41, 5.74) is 0.687. The summed E-state index contributed by atoms with van der Waals surface area (Å²) in [6, 6.07) is 10.2. The van der Waals surface area contributed by atoms with Gasteiger partial charge >= 0.3 is 5.69 Å². The van der Waals surface area contributed by atoms with Crippen LogP contribution in [0.25, 0.3) is 11.0 Å². The fourth-order valence-corrected chi connectivity index (χ4v) is 6.09. The predicted molar refractivity (Wildman–Crippen MR) is 142 cm³/mol. The van der Waals surface area contributed by atoms with Gasteiger partial charge in [-0.2, -0.15) is 0 Å². The summed E-state index contributed by atoms with van der Waals surface area (Å²) in [6.07, 6.45) is 5.45. The number of benzene rings is 1. The Morgan fingerprint density at radius 2 is 1.64 bits per heavy atom. The summed E-state index contributed by atoms with van der Waals surface area (Å²) in [7, 11) is 3.10. The van der Waals surface area contributed by atoms with E-state index in [4.69, 9.17) is 9.97 Å². The number of aromatic nitrogens is 4. The van der Waals surface area contributed by atoms with Crippen molar-refractivity contribution in [3.8, 4) is 0 Å². The van der Waals surface area contributed by atoms with Crippen LogP contribution in [0.5, 0.6) is 0 Å². The Labute approximate surface area is 214 Å². The molecule has 190 valence electrons. The molecule has 2 aromatic heterocycles. The van der Waals surface area contributed by atoms with Gasteiger partial charge in [-0.25, -0.2) is 14.8 Å². The molecule has 0 atom stereocenters. The molecule has 0 N–H and O–H groups in total. The second-order valence-electron chi connectivity index (χ2n) is 9.62. The molecule has 1 saturated heterocycles. The Hall–Kier alpha value is -3.14. The molecular weight excluding hydrogens is 476 g/mol. The molecule has 1 aromatic carbocycles. The minimum Gasteiger partial charge on any atom is -0.368 e. The van der Waals surface area contributed by atoms with Crippen molar-refractivity contribution >= 4 is 34.4 Å². The van der Waals surface area contributed by atoms with E-state index < -0.39 is 11.2 Å². The van der Waals surface area contributed by atoms with Crippen molar-refractivity contribution in [2.75, 3.05) is 36.8 Å². The van der Waals surface area contributed by atoms with E-state index in [1.165, 1.54) is 35.5 Å².